The van der Waals surface area contributed by atoms with Crippen molar-refractivity contribution < 1.29 is 4.79 Å². The second-order valence-corrected chi connectivity index (χ2v) is 3.81. The van der Waals surface area contributed by atoms with Gasteiger partial charge in [0.05, 0.1) is 12.5 Å². The molecule has 0 N–H and O–H groups in total. The number of rotatable bonds is 2. The number of carbonyl (C=O) groups is 1. The lowest BCUT2D eigenvalue weighted by atomic mass is 9.87. The first-order valence-corrected chi connectivity index (χ1v) is 5.28. The summed E-state index contributed by atoms with van der Waals surface area (Å²) in [5, 5.41) is 0. The van der Waals surface area contributed by atoms with E-state index in [-0.39, 0.29) is 11.8 Å². The molecule has 0 saturated heterocycles. The van der Waals surface area contributed by atoms with Crippen molar-refractivity contribution in [1.82, 2.24) is 4.90 Å². The molecular formula is C13H15NO. The summed E-state index contributed by atoms with van der Waals surface area (Å²) < 4.78 is 0. The third-order valence-corrected chi connectivity index (χ3v) is 2.98. The van der Waals surface area contributed by atoms with Gasteiger partial charge in [-0.2, -0.15) is 0 Å². The molecule has 1 amide bonds. The quantitative estimate of drug-likeness (QED) is 0.720. The van der Waals surface area contributed by atoms with Crippen LogP contribution < -0.4 is 0 Å². The maximum absolute atomic E-state index is 12.0. The smallest absolute Gasteiger partial charge is 0.234 e. The van der Waals surface area contributed by atoms with Gasteiger partial charge in [0.2, 0.25) is 5.91 Å². The number of carbonyl (C=O) groups excluding carboxylic acids is 1. The molecule has 0 spiro atoms. The fraction of sp³-hybridized carbons (Fsp3) is 0.308. The standard InChI is InChI=1S/C13H15NO/c1-3-11-12-8-6-5-7-10(12)9-14(4-2)13(11)15/h4-8,11H,2-3,9H2,1H3. The molecule has 0 aromatic heterocycles. The third-order valence-electron chi connectivity index (χ3n) is 2.98. The molecule has 1 aromatic rings. The zero-order valence-electron chi connectivity index (χ0n) is 8.94. The van der Waals surface area contributed by atoms with Gasteiger partial charge in [0.25, 0.3) is 0 Å². The zero-order chi connectivity index (χ0) is 10.8. The summed E-state index contributed by atoms with van der Waals surface area (Å²) in [7, 11) is 0. The van der Waals surface area contributed by atoms with Gasteiger partial charge in [-0.15, -0.1) is 0 Å². The Bertz CT molecular complexity index is 397. The van der Waals surface area contributed by atoms with Crippen LogP contribution in [0, 0.1) is 0 Å². The van der Waals surface area contributed by atoms with Crippen LogP contribution in [-0.2, 0) is 11.3 Å². The molecule has 1 aliphatic heterocycles. The average Bonchev–Trinajstić information content (AvgIpc) is 2.28. The molecule has 1 aliphatic rings. The van der Waals surface area contributed by atoms with Crippen molar-refractivity contribution in [1.29, 1.82) is 0 Å². The molecule has 0 aliphatic carbocycles. The third kappa shape index (κ3) is 1.56. The van der Waals surface area contributed by atoms with Gasteiger partial charge in [-0.1, -0.05) is 37.8 Å². The van der Waals surface area contributed by atoms with E-state index in [1.165, 1.54) is 11.1 Å². The molecule has 2 nitrogen and oxygen atoms in total. The van der Waals surface area contributed by atoms with Crippen LogP contribution in [0.3, 0.4) is 0 Å². The van der Waals surface area contributed by atoms with Gasteiger partial charge in [-0.25, -0.2) is 0 Å². The van der Waals surface area contributed by atoms with Crippen molar-refractivity contribution in [2.45, 2.75) is 25.8 Å². The van der Waals surface area contributed by atoms with Gasteiger partial charge in [-0.3, -0.25) is 4.79 Å². The van der Waals surface area contributed by atoms with E-state index in [1.807, 2.05) is 19.1 Å². The van der Waals surface area contributed by atoms with Gasteiger partial charge in [-0.05, 0) is 23.7 Å². The number of fused-ring (bicyclic) bond motifs is 1. The van der Waals surface area contributed by atoms with Crippen molar-refractivity contribution in [2.75, 3.05) is 0 Å². The number of nitrogens with zero attached hydrogens (tertiary/aromatic N) is 1. The van der Waals surface area contributed by atoms with Gasteiger partial charge in [0.15, 0.2) is 0 Å². The van der Waals surface area contributed by atoms with Crippen LogP contribution in [0.4, 0.5) is 0 Å². The van der Waals surface area contributed by atoms with Crippen LogP contribution in [0.2, 0.25) is 0 Å². The summed E-state index contributed by atoms with van der Waals surface area (Å²) in [6.07, 6.45) is 2.47. The molecule has 1 aromatic carbocycles. The Morgan fingerprint density at radius 2 is 2.27 bits per heavy atom. The maximum Gasteiger partial charge on any atom is 0.234 e. The van der Waals surface area contributed by atoms with Gasteiger partial charge in [0.1, 0.15) is 0 Å². The Hall–Kier alpha value is -1.57. The van der Waals surface area contributed by atoms with Crippen molar-refractivity contribution in [2.24, 2.45) is 0 Å². The Morgan fingerprint density at radius 1 is 1.53 bits per heavy atom. The normalized spacial score (nSPS) is 19.9. The fourth-order valence-electron chi connectivity index (χ4n) is 2.16. The number of benzene rings is 1. The predicted molar refractivity (Wildman–Crippen MR) is 60.2 cm³/mol. The maximum atomic E-state index is 12.0. The number of hydrogen-bond donors (Lipinski definition) is 0. The highest BCUT2D eigenvalue weighted by Crippen LogP contribution is 2.31. The molecule has 2 heteroatoms. The lowest BCUT2D eigenvalue weighted by Crippen LogP contribution is -2.35. The average molecular weight is 201 g/mol. The Balaban J connectivity index is 2.47. The monoisotopic (exact) mass is 201 g/mol. The topological polar surface area (TPSA) is 20.3 Å². The second-order valence-electron chi connectivity index (χ2n) is 3.81. The lowest BCUT2D eigenvalue weighted by Gasteiger charge is -2.31. The SMILES string of the molecule is C=CN1Cc2ccccc2C(CC)C1=O. The molecule has 0 bridgehead atoms. The van der Waals surface area contributed by atoms with Crippen molar-refractivity contribution >= 4 is 5.91 Å². The Morgan fingerprint density at radius 3 is 2.93 bits per heavy atom. The van der Waals surface area contributed by atoms with E-state index in [1.54, 1.807) is 11.1 Å². The lowest BCUT2D eigenvalue weighted by molar-refractivity contribution is -0.131. The van der Waals surface area contributed by atoms with Gasteiger partial charge >= 0.3 is 0 Å². The van der Waals surface area contributed by atoms with Crippen LogP contribution >= 0.6 is 0 Å². The van der Waals surface area contributed by atoms with Crippen molar-refractivity contribution in [3.63, 3.8) is 0 Å². The molecule has 2 rings (SSSR count). The van der Waals surface area contributed by atoms with Crippen LogP contribution in [-0.4, -0.2) is 10.8 Å². The second kappa shape index (κ2) is 3.89. The van der Waals surface area contributed by atoms with E-state index in [0.717, 1.165) is 6.42 Å². The molecular weight excluding hydrogens is 186 g/mol. The fourth-order valence-corrected chi connectivity index (χ4v) is 2.16. The summed E-state index contributed by atoms with van der Waals surface area (Å²) >= 11 is 0. The molecule has 1 heterocycles. The highest BCUT2D eigenvalue weighted by atomic mass is 16.2. The van der Waals surface area contributed by atoms with Crippen molar-refractivity contribution in [3.05, 3.63) is 48.2 Å². The van der Waals surface area contributed by atoms with Gasteiger partial charge in [0, 0.05) is 0 Å². The van der Waals surface area contributed by atoms with E-state index in [2.05, 4.69) is 18.7 Å². The van der Waals surface area contributed by atoms with E-state index in [4.69, 9.17) is 0 Å². The minimum Gasteiger partial charge on any atom is -0.315 e. The summed E-state index contributed by atoms with van der Waals surface area (Å²) in [6, 6.07) is 8.16. The Kier molecular flexibility index (Phi) is 2.58. The first-order chi connectivity index (χ1) is 7.27. The summed E-state index contributed by atoms with van der Waals surface area (Å²) in [5.74, 6) is 0.180. The highest BCUT2D eigenvalue weighted by Gasteiger charge is 2.29. The van der Waals surface area contributed by atoms with Crippen LogP contribution in [0.1, 0.15) is 30.4 Å². The zero-order valence-corrected chi connectivity index (χ0v) is 8.94. The van der Waals surface area contributed by atoms with Crippen LogP contribution in [0.25, 0.3) is 0 Å². The Labute approximate surface area is 90.2 Å². The largest absolute Gasteiger partial charge is 0.315 e. The number of hydrogen-bond acceptors (Lipinski definition) is 1. The first-order valence-electron chi connectivity index (χ1n) is 5.28. The summed E-state index contributed by atoms with van der Waals surface area (Å²) in [5.41, 5.74) is 2.42. The van der Waals surface area contributed by atoms with Crippen molar-refractivity contribution in [3.8, 4) is 0 Å². The molecule has 78 valence electrons. The highest BCUT2D eigenvalue weighted by molar-refractivity contribution is 5.86. The molecule has 0 fully saturated rings. The molecule has 0 saturated carbocycles. The summed E-state index contributed by atoms with van der Waals surface area (Å²) in [6.45, 7) is 6.39. The minimum atomic E-state index is 0.00736. The first kappa shape index (κ1) is 9.97. The minimum absolute atomic E-state index is 0.00736. The van der Waals surface area contributed by atoms with Crippen LogP contribution in [0.15, 0.2) is 37.0 Å². The van der Waals surface area contributed by atoms with E-state index in [9.17, 15) is 4.79 Å². The van der Waals surface area contributed by atoms with E-state index in [0.29, 0.717) is 6.54 Å². The van der Waals surface area contributed by atoms with Gasteiger partial charge < -0.3 is 4.90 Å². The molecule has 1 atom stereocenters. The summed E-state index contributed by atoms with van der Waals surface area (Å²) in [4.78, 5) is 13.7. The predicted octanol–water partition coefficient (Wildman–Crippen LogP) is 2.67. The van der Waals surface area contributed by atoms with Crippen LogP contribution in [0.5, 0.6) is 0 Å². The van der Waals surface area contributed by atoms with E-state index < -0.39 is 0 Å². The molecule has 15 heavy (non-hydrogen) atoms. The molecule has 1 unspecified atom stereocenters. The number of amides is 1. The molecule has 0 radical (unpaired) electrons. The van der Waals surface area contributed by atoms with E-state index >= 15 is 0 Å².